The van der Waals surface area contributed by atoms with Crippen LogP contribution in [0.25, 0.3) is 0 Å². The van der Waals surface area contributed by atoms with E-state index in [1.807, 2.05) is 12.1 Å². The van der Waals surface area contributed by atoms with Crippen molar-refractivity contribution in [3.63, 3.8) is 0 Å². The molecule has 2 aromatic rings. The topological polar surface area (TPSA) is 73.7 Å². The van der Waals surface area contributed by atoms with Crippen molar-refractivity contribution in [2.24, 2.45) is 0 Å². The van der Waals surface area contributed by atoms with Gasteiger partial charge < -0.3 is 15.1 Å². The van der Waals surface area contributed by atoms with E-state index in [-0.39, 0.29) is 17.4 Å². The Morgan fingerprint density at radius 1 is 1.15 bits per heavy atom. The molecule has 0 atom stereocenters. The summed E-state index contributed by atoms with van der Waals surface area (Å²) in [6.45, 7) is 0.560. The molecule has 0 saturated heterocycles. The summed E-state index contributed by atoms with van der Waals surface area (Å²) in [5.74, 6) is -0.728. The number of amides is 1. The Morgan fingerprint density at radius 3 is 2.50 bits per heavy atom. The van der Waals surface area contributed by atoms with Crippen LogP contribution in [-0.4, -0.2) is 39.6 Å². The Morgan fingerprint density at radius 2 is 1.85 bits per heavy atom. The van der Waals surface area contributed by atoms with Gasteiger partial charge in [-0.1, -0.05) is 0 Å². The molecule has 5 heteroatoms. The summed E-state index contributed by atoms with van der Waals surface area (Å²) in [5, 5.41) is 18.6. The zero-order chi connectivity index (χ0) is 14.5. The van der Waals surface area contributed by atoms with Gasteiger partial charge in [-0.15, -0.1) is 0 Å². The van der Waals surface area contributed by atoms with E-state index in [0.29, 0.717) is 12.1 Å². The average Bonchev–Trinajstić information content (AvgIpc) is 2.48. The Bertz CT molecular complexity index is 599. The number of benzene rings is 1. The van der Waals surface area contributed by atoms with Crippen molar-refractivity contribution < 1.29 is 15.0 Å². The Labute approximate surface area is 117 Å². The van der Waals surface area contributed by atoms with E-state index in [2.05, 4.69) is 4.98 Å². The van der Waals surface area contributed by atoms with Gasteiger partial charge in [-0.05, 0) is 42.3 Å². The van der Waals surface area contributed by atoms with Crippen LogP contribution in [0.2, 0.25) is 0 Å². The number of likely N-dealkylation sites (N-methyl/N-ethyl adjacent to an activating group) is 1. The molecule has 1 aromatic heterocycles. The van der Waals surface area contributed by atoms with E-state index in [9.17, 15) is 15.0 Å². The third kappa shape index (κ3) is 3.26. The van der Waals surface area contributed by atoms with E-state index < -0.39 is 0 Å². The fourth-order valence-electron chi connectivity index (χ4n) is 1.82. The highest BCUT2D eigenvalue weighted by atomic mass is 16.3. The second kappa shape index (κ2) is 6.06. The van der Waals surface area contributed by atoms with Crippen molar-refractivity contribution in [3.05, 3.63) is 53.9 Å². The molecule has 2 N–H and O–H groups in total. The first-order valence-corrected chi connectivity index (χ1v) is 6.24. The second-order valence-corrected chi connectivity index (χ2v) is 4.54. The monoisotopic (exact) mass is 272 g/mol. The van der Waals surface area contributed by atoms with Crippen LogP contribution in [0.5, 0.6) is 11.5 Å². The smallest absolute Gasteiger partial charge is 0.253 e. The molecule has 1 amide bonds. The third-order valence-corrected chi connectivity index (χ3v) is 3.05. The lowest BCUT2D eigenvalue weighted by atomic mass is 10.1. The SMILES string of the molecule is CN(CCc1ccncc1)C(=O)c1ccc(O)c(O)c1. The molecule has 0 fully saturated rings. The van der Waals surface area contributed by atoms with Crippen LogP contribution in [-0.2, 0) is 6.42 Å². The highest BCUT2D eigenvalue weighted by molar-refractivity contribution is 5.94. The highest BCUT2D eigenvalue weighted by Gasteiger charge is 2.13. The fraction of sp³-hybridized carbons (Fsp3) is 0.200. The number of hydrogen-bond donors (Lipinski definition) is 2. The molecule has 1 heterocycles. The summed E-state index contributed by atoms with van der Waals surface area (Å²) in [6.07, 6.45) is 4.17. The molecule has 1 aromatic carbocycles. The van der Waals surface area contributed by atoms with Crippen molar-refractivity contribution in [3.8, 4) is 11.5 Å². The third-order valence-electron chi connectivity index (χ3n) is 3.05. The molecule has 2 rings (SSSR count). The first-order valence-electron chi connectivity index (χ1n) is 6.24. The van der Waals surface area contributed by atoms with Crippen molar-refractivity contribution >= 4 is 5.91 Å². The van der Waals surface area contributed by atoms with E-state index in [1.54, 1.807) is 24.3 Å². The number of phenolic OH excluding ortho intramolecular Hbond substituents is 2. The number of pyridine rings is 1. The Hall–Kier alpha value is -2.56. The van der Waals surface area contributed by atoms with E-state index in [4.69, 9.17) is 0 Å². The number of hydrogen-bond acceptors (Lipinski definition) is 4. The van der Waals surface area contributed by atoms with Crippen LogP contribution >= 0.6 is 0 Å². The number of phenols is 2. The molecule has 20 heavy (non-hydrogen) atoms. The van der Waals surface area contributed by atoms with Gasteiger partial charge in [0.05, 0.1) is 0 Å². The predicted molar refractivity (Wildman–Crippen MR) is 74.7 cm³/mol. The minimum Gasteiger partial charge on any atom is -0.504 e. The maximum Gasteiger partial charge on any atom is 0.253 e. The van der Waals surface area contributed by atoms with Gasteiger partial charge in [0.2, 0.25) is 0 Å². The summed E-state index contributed by atoms with van der Waals surface area (Å²) >= 11 is 0. The molecule has 0 bridgehead atoms. The maximum atomic E-state index is 12.2. The van der Waals surface area contributed by atoms with Gasteiger partial charge in [-0.2, -0.15) is 0 Å². The molecular weight excluding hydrogens is 256 g/mol. The van der Waals surface area contributed by atoms with Crippen LogP contribution in [0.3, 0.4) is 0 Å². The number of carbonyl (C=O) groups excluding carboxylic acids is 1. The summed E-state index contributed by atoms with van der Waals surface area (Å²) in [4.78, 5) is 17.7. The molecule has 0 aliphatic rings. The Kier molecular flexibility index (Phi) is 4.20. The highest BCUT2D eigenvalue weighted by Crippen LogP contribution is 2.25. The summed E-state index contributed by atoms with van der Waals surface area (Å²) < 4.78 is 0. The van der Waals surface area contributed by atoms with Gasteiger partial charge in [0.1, 0.15) is 0 Å². The van der Waals surface area contributed by atoms with Gasteiger partial charge in [-0.25, -0.2) is 0 Å². The van der Waals surface area contributed by atoms with E-state index >= 15 is 0 Å². The van der Waals surface area contributed by atoms with Crippen molar-refractivity contribution in [2.45, 2.75) is 6.42 Å². The predicted octanol–water partition coefficient (Wildman–Crippen LogP) is 1.81. The number of nitrogens with zero attached hydrogens (tertiary/aromatic N) is 2. The molecule has 0 radical (unpaired) electrons. The normalized spacial score (nSPS) is 10.2. The van der Waals surface area contributed by atoms with Gasteiger partial charge in [-0.3, -0.25) is 9.78 Å². The van der Waals surface area contributed by atoms with Crippen molar-refractivity contribution in [1.29, 1.82) is 0 Å². The lowest BCUT2D eigenvalue weighted by Gasteiger charge is -2.17. The van der Waals surface area contributed by atoms with Gasteiger partial charge in [0, 0.05) is 31.5 Å². The van der Waals surface area contributed by atoms with Crippen molar-refractivity contribution in [2.75, 3.05) is 13.6 Å². The minimum absolute atomic E-state index is 0.200. The number of carbonyl (C=O) groups is 1. The van der Waals surface area contributed by atoms with Gasteiger partial charge in [0.25, 0.3) is 5.91 Å². The zero-order valence-electron chi connectivity index (χ0n) is 11.2. The first-order chi connectivity index (χ1) is 9.58. The quantitative estimate of drug-likeness (QED) is 0.832. The lowest BCUT2D eigenvalue weighted by Crippen LogP contribution is -2.28. The van der Waals surface area contributed by atoms with Crippen LogP contribution in [0.4, 0.5) is 0 Å². The summed E-state index contributed by atoms with van der Waals surface area (Å²) in [6, 6.07) is 7.87. The van der Waals surface area contributed by atoms with Crippen LogP contribution in [0.1, 0.15) is 15.9 Å². The number of aromatic nitrogens is 1. The molecule has 5 nitrogen and oxygen atoms in total. The number of aromatic hydroxyl groups is 2. The second-order valence-electron chi connectivity index (χ2n) is 4.54. The number of rotatable bonds is 4. The summed E-state index contributed by atoms with van der Waals surface area (Å²) in [7, 11) is 1.70. The summed E-state index contributed by atoms with van der Waals surface area (Å²) in [5.41, 5.74) is 1.45. The van der Waals surface area contributed by atoms with Crippen LogP contribution in [0.15, 0.2) is 42.7 Å². The lowest BCUT2D eigenvalue weighted by molar-refractivity contribution is 0.0796. The maximum absolute atomic E-state index is 12.2. The first kappa shape index (κ1) is 13.9. The van der Waals surface area contributed by atoms with E-state index in [1.165, 1.54) is 18.2 Å². The molecule has 104 valence electrons. The minimum atomic E-state index is -0.293. The molecule has 0 aliphatic carbocycles. The Balaban J connectivity index is 1.99. The molecular formula is C15H16N2O3. The molecule has 0 unspecified atom stereocenters. The van der Waals surface area contributed by atoms with Gasteiger partial charge >= 0.3 is 0 Å². The largest absolute Gasteiger partial charge is 0.504 e. The fourth-order valence-corrected chi connectivity index (χ4v) is 1.82. The van der Waals surface area contributed by atoms with Crippen LogP contribution in [0, 0.1) is 0 Å². The zero-order valence-corrected chi connectivity index (χ0v) is 11.2. The average molecular weight is 272 g/mol. The molecule has 0 saturated carbocycles. The van der Waals surface area contributed by atoms with E-state index in [0.717, 1.165) is 12.0 Å². The molecule has 0 spiro atoms. The molecule has 0 aliphatic heterocycles. The standard InChI is InChI=1S/C15H16N2O3/c1-17(9-6-11-4-7-16-8-5-11)15(20)12-2-3-13(18)14(19)10-12/h2-5,7-8,10,18-19H,6,9H2,1H3. The van der Waals surface area contributed by atoms with Crippen LogP contribution < -0.4 is 0 Å². The van der Waals surface area contributed by atoms with Crippen molar-refractivity contribution in [1.82, 2.24) is 9.88 Å². The van der Waals surface area contributed by atoms with Gasteiger partial charge in [0.15, 0.2) is 11.5 Å².